The molecule has 20 heavy (non-hydrogen) atoms. The summed E-state index contributed by atoms with van der Waals surface area (Å²) in [5.74, 6) is 0.983. The average molecular weight is 293 g/mol. The molecule has 0 radical (unpaired) electrons. The van der Waals surface area contributed by atoms with Crippen molar-refractivity contribution in [2.75, 3.05) is 11.1 Å². The highest BCUT2D eigenvalue weighted by atomic mass is 32.2. The molecule has 1 heterocycles. The van der Waals surface area contributed by atoms with Crippen molar-refractivity contribution < 1.29 is 8.42 Å². The number of hydrogen-bond donors (Lipinski definition) is 3. The third-order valence-electron chi connectivity index (χ3n) is 2.55. The van der Waals surface area contributed by atoms with Crippen LogP contribution >= 0.6 is 0 Å². The molecule has 0 aliphatic rings. The van der Waals surface area contributed by atoms with E-state index in [0.717, 1.165) is 11.4 Å². The zero-order valence-corrected chi connectivity index (χ0v) is 11.7. The molecule has 5 N–H and O–H groups in total. The maximum atomic E-state index is 11.1. The summed E-state index contributed by atoms with van der Waals surface area (Å²) < 4.78 is 22.2. The van der Waals surface area contributed by atoms with Gasteiger partial charge < -0.3 is 11.1 Å². The first-order valence-electron chi connectivity index (χ1n) is 5.81. The maximum absolute atomic E-state index is 11.1. The first-order chi connectivity index (χ1) is 9.34. The van der Waals surface area contributed by atoms with Gasteiger partial charge in [-0.2, -0.15) is 0 Å². The Morgan fingerprint density at radius 3 is 2.40 bits per heavy atom. The largest absolute Gasteiger partial charge is 0.384 e. The molecule has 7 nitrogen and oxygen atoms in total. The van der Waals surface area contributed by atoms with Gasteiger partial charge in [-0.25, -0.2) is 23.5 Å². The van der Waals surface area contributed by atoms with Crippen molar-refractivity contribution in [3.8, 4) is 0 Å². The van der Waals surface area contributed by atoms with Crippen LogP contribution in [0.15, 0.2) is 35.2 Å². The van der Waals surface area contributed by atoms with E-state index in [-0.39, 0.29) is 4.90 Å². The van der Waals surface area contributed by atoms with Crippen LogP contribution in [-0.4, -0.2) is 18.4 Å². The molecular weight excluding hydrogens is 278 g/mol. The highest BCUT2D eigenvalue weighted by Crippen LogP contribution is 2.13. The van der Waals surface area contributed by atoms with Gasteiger partial charge in [0.05, 0.1) is 11.4 Å². The number of nitrogens with one attached hydrogen (secondary N) is 1. The summed E-state index contributed by atoms with van der Waals surface area (Å²) in [6.07, 6.45) is 0. The minimum absolute atomic E-state index is 0.0686. The van der Waals surface area contributed by atoms with Crippen LogP contribution in [0, 0.1) is 6.92 Å². The number of nitrogens with two attached hydrogens (primary N) is 2. The molecule has 0 bridgehead atoms. The summed E-state index contributed by atoms with van der Waals surface area (Å²) in [6, 6.07) is 7.80. The summed E-state index contributed by atoms with van der Waals surface area (Å²) in [4.78, 5) is 8.40. The molecule has 2 rings (SSSR count). The maximum Gasteiger partial charge on any atom is 0.238 e. The van der Waals surface area contributed by atoms with Crippen LogP contribution in [-0.2, 0) is 16.6 Å². The van der Waals surface area contributed by atoms with Crippen molar-refractivity contribution in [2.24, 2.45) is 5.14 Å². The number of hydrogen-bond acceptors (Lipinski definition) is 6. The van der Waals surface area contributed by atoms with E-state index < -0.39 is 10.0 Å². The second-order valence-electron chi connectivity index (χ2n) is 4.27. The Hall–Kier alpha value is -2.19. The van der Waals surface area contributed by atoms with Crippen molar-refractivity contribution in [2.45, 2.75) is 18.4 Å². The highest BCUT2D eigenvalue weighted by molar-refractivity contribution is 7.89. The first-order valence-corrected chi connectivity index (χ1v) is 7.36. The molecule has 8 heteroatoms. The molecule has 106 valence electrons. The standard InChI is InChI=1S/C12H15N5O2S/c1-8-6-11(13)17-12(16-8)7-15-9-2-4-10(5-3-9)20(14,18)19/h2-6,15H,7H2,1H3,(H2,13,16,17)(H2,14,18,19). The van der Waals surface area contributed by atoms with Crippen LogP contribution in [0.3, 0.4) is 0 Å². The lowest BCUT2D eigenvalue weighted by Crippen LogP contribution is -2.12. The molecule has 0 fully saturated rings. The zero-order valence-electron chi connectivity index (χ0n) is 10.9. The number of primary sulfonamides is 1. The number of sulfonamides is 1. The minimum atomic E-state index is -3.67. The molecule has 0 aliphatic carbocycles. The van der Waals surface area contributed by atoms with Crippen molar-refractivity contribution in [1.82, 2.24) is 9.97 Å². The van der Waals surface area contributed by atoms with E-state index in [9.17, 15) is 8.42 Å². The predicted molar refractivity (Wildman–Crippen MR) is 76.3 cm³/mol. The molecule has 0 atom stereocenters. The summed E-state index contributed by atoms with van der Waals surface area (Å²) >= 11 is 0. The summed E-state index contributed by atoms with van der Waals surface area (Å²) in [7, 11) is -3.67. The number of benzene rings is 1. The Bertz CT molecular complexity index is 693. The van der Waals surface area contributed by atoms with Crippen LogP contribution in [0.5, 0.6) is 0 Å². The number of aromatic nitrogens is 2. The highest BCUT2D eigenvalue weighted by Gasteiger charge is 2.06. The smallest absolute Gasteiger partial charge is 0.238 e. The fourth-order valence-electron chi connectivity index (χ4n) is 1.68. The van der Waals surface area contributed by atoms with Crippen molar-refractivity contribution >= 4 is 21.5 Å². The van der Waals surface area contributed by atoms with Gasteiger partial charge in [0.1, 0.15) is 11.6 Å². The molecule has 0 aliphatic heterocycles. The molecule has 0 amide bonds. The second-order valence-corrected chi connectivity index (χ2v) is 5.83. The summed E-state index contributed by atoms with van der Waals surface area (Å²) in [5.41, 5.74) is 7.16. The molecule has 0 unspecified atom stereocenters. The van der Waals surface area contributed by atoms with Gasteiger partial charge in [-0.3, -0.25) is 0 Å². The summed E-state index contributed by atoms with van der Waals surface area (Å²) in [6.45, 7) is 2.23. The molecule has 2 aromatic rings. The van der Waals surface area contributed by atoms with Gasteiger partial charge in [0, 0.05) is 17.4 Å². The molecule has 1 aromatic heterocycles. The summed E-state index contributed by atoms with van der Waals surface area (Å²) in [5, 5.41) is 8.10. The third kappa shape index (κ3) is 3.65. The van der Waals surface area contributed by atoms with E-state index in [2.05, 4.69) is 15.3 Å². The lowest BCUT2D eigenvalue weighted by atomic mass is 10.3. The monoisotopic (exact) mass is 293 g/mol. The van der Waals surface area contributed by atoms with Gasteiger partial charge in [0.25, 0.3) is 0 Å². The third-order valence-corrected chi connectivity index (χ3v) is 3.48. The van der Waals surface area contributed by atoms with Crippen molar-refractivity contribution in [1.29, 1.82) is 0 Å². The number of rotatable bonds is 4. The van der Waals surface area contributed by atoms with Gasteiger partial charge in [0.2, 0.25) is 10.0 Å². The number of anilines is 2. The number of aryl methyl sites for hydroxylation is 1. The second kappa shape index (κ2) is 5.43. The topological polar surface area (TPSA) is 124 Å². The van der Waals surface area contributed by atoms with E-state index in [1.807, 2.05) is 6.92 Å². The molecule has 0 saturated carbocycles. The van der Waals surface area contributed by atoms with Crippen LogP contribution < -0.4 is 16.2 Å². The molecule has 0 spiro atoms. The Morgan fingerprint density at radius 2 is 1.85 bits per heavy atom. The lowest BCUT2D eigenvalue weighted by molar-refractivity contribution is 0.598. The van der Waals surface area contributed by atoms with Gasteiger partial charge in [-0.1, -0.05) is 0 Å². The van der Waals surface area contributed by atoms with Gasteiger partial charge in [-0.05, 0) is 31.2 Å². The van der Waals surface area contributed by atoms with Crippen LogP contribution in [0.4, 0.5) is 11.5 Å². The fourth-order valence-corrected chi connectivity index (χ4v) is 2.19. The van der Waals surface area contributed by atoms with Crippen LogP contribution in [0.1, 0.15) is 11.5 Å². The quantitative estimate of drug-likeness (QED) is 0.759. The lowest BCUT2D eigenvalue weighted by Gasteiger charge is -2.07. The van der Waals surface area contributed by atoms with Crippen LogP contribution in [0.2, 0.25) is 0 Å². The van der Waals surface area contributed by atoms with Gasteiger partial charge in [-0.15, -0.1) is 0 Å². The normalized spacial score (nSPS) is 11.3. The number of nitrogen functional groups attached to an aromatic ring is 1. The van der Waals surface area contributed by atoms with E-state index in [0.29, 0.717) is 18.2 Å². The molecular formula is C12H15N5O2S. The van der Waals surface area contributed by atoms with Crippen LogP contribution in [0.25, 0.3) is 0 Å². The fraction of sp³-hybridized carbons (Fsp3) is 0.167. The number of nitrogens with zero attached hydrogens (tertiary/aromatic N) is 2. The first kappa shape index (κ1) is 14.2. The Morgan fingerprint density at radius 1 is 1.20 bits per heavy atom. The van der Waals surface area contributed by atoms with E-state index in [1.54, 1.807) is 18.2 Å². The Labute approximate surface area is 117 Å². The molecule has 0 saturated heterocycles. The zero-order chi connectivity index (χ0) is 14.8. The molecule has 1 aromatic carbocycles. The predicted octanol–water partition coefficient (Wildman–Crippen LogP) is 0.627. The van der Waals surface area contributed by atoms with Gasteiger partial charge in [0.15, 0.2) is 0 Å². The average Bonchev–Trinajstić information content (AvgIpc) is 2.35. The minimum Gasteiger partial charge on any atom is -0.384 e. The Kier molecular flexibility index (Phi) is 3.86. The van der Waals surface area contributed by atoms with Crippen molar-refractivity contribution in [3.05, 3.63) is 41.9 Å². The van der Waals surface area contributed by atoms with E-state index >= 15 is 0 Å². The SMILES string of the molecule is Cc1cc(N)nc(CNc2ccc(S(N)(=O)=O)cc2)n1. The van der Waals surface area contributed by atoms with Crippen molar-refractivity contribution in [3.63, 3.8) is 0 Å². The Balaban J connectivity index is 2.07. The van der Waals surface area contributed by atoms with E-state index in [1.165, 1.54) is 12.1 Å². The van der Waals surface area contributed by atoms with E-state index in [4.69, 9.17) is 10.9 Å². The van der Waals surface area contributed by atoms with Gasteiger partial charge >= 0.3 is 0 Å².